The van der Waals surface area contributed by atoms with E-state index in [1.165, 1.54) is 12.1 Å². The summed E-state index contributed by atoms with van der Waals surface area (Å²) in [5, 5.41) is 6.18. The lowest BCUT2D eigenvalue weighted by atomic mass is 9.97. The molecule has 1 N–H and O–H groups in total. The zero-order valence-corrected chi connectivity index (χ0v) is 16.5. The second-order valence-corrected chi connectivity index (χ2v) is 8.46. The molecule has 2 heterocycles. The monoisotopic (exact) mass is 401 g/mol. The van der Waals surface area contributed by atoms with Crippen molar-refractivity contribution in [1.29, 1.82) is 0 Å². The Morgan fingerprint density at radius 1 is 1.14 bits per heavy atom. The summed E-state index contributed by atoms with van der Waals surface area (Å²) in [5.41, 5.74) is 1.56. The molecule has 2 aromatic rings. The molecule has 5 nitrogen and oxygen atoms in total. The number of hydrogen-bond donors (Lipinski definition) is 1. The fourth-order valence-corrected chi connectivity index (χ4v) is 4.56. The van der Waals surface area contributed by atoms with Gasteiger partial charge in [-0.1, -0.05) is 0 Å². The van der Waals surface area contributed by atoms with Gasteiger partial charge in [-0.25, -0.2) is 9.37 Å². The molecule has 0 unspecified atom stereocenters. The number of nitrogens with zero attached hydrogens (tertiary/aromatic N) is 2. The Hall–Kier alpha value is -2.28. The predicted molar refractivity (Wildman–Crippen MR) is 106 cm³/mol. The molecule has 1 aliphatic heterocycles. The summed E-state index contributed by atoms with van der Waals surface area (Å²) in [4.78, 5) is 30.8. The van der Waals surface area contributed by atoms with E-state index in [4.69, 9.17) is 4.98 Å². The van der Waals surface area contributed by atoms with Crippen molar-refractivity contribution in [3.05, 3.63) is 51.7 Å². The van der Waals surface area contributed by atoms with Gasteiger partial charge in [0.2, 0.25) is 5.91 Å². The summed E-state index contributed by atoms with van der Waals surface area (Å²) in [6.45, 7) is 2.02. The van der Waals surface area contributed by atoms with Crippen LogP contribution in [0.5, 0.6) is 0 Å². The van der Waals surface area contributed by atoms with Crippen LogP contribution in [0.25, 0.3) is 0 Å². The van der Waals surface area contributed by atoms with Gasteiger partial charge in [-0.15, -0.1) is 11.3 Å². The lowest BCUT2D eigenvalue weighted by Gasteiger charge is -2.31. The van der Waals surface area contributed by atoms with Crippen LogP contribution < -0.4 is 5.32 Å². The molecule has 0 radical (unpaired) electrons. The Bertz CT molecular complexity index is 840. The average Bonchev–Trinajstić information content (AvgIpc) is 3.47. The molecule has 7 heteroatoms. The third-order valence-corrected chi connectivity index (χ3v) is 6.48. The maximum absolute atomic E-state index is 13.0. The number of thiazole rings is 1. The molecule has 1 saturated heterocycles. The molecule has 4 rings (SSSR count). The number of rotatable bonds is 6. The quantitative estimate of drug-likeness (QED) is 0.807. The van der Waals surface area contributed by atoms with Gasteiger partial charge in [-0.05, 0) is 49.9 Å². The van der Waals surface area contributed by atoms with Gasteiger partial charge < -0.3 is 10.2 Å². The highest BCUT2D eigenvalue weighted by Gasteiger charge is 2.29. The van der Waals surface area contributed by atoms with Crippen molar-refractivity contribution in [3.63, 3.8) is 0 Å². The van der Waals surface area contributed by atoms with Crippen molar-refractivity contribution < 1.29 is 14.0 Å². The number of likely N-dealkylation sites (tertiary alicyclic amines) is 1. The number of piperidine rings is 1. The normalized spacial score (nSPS) is 17.5. The molecule has 2 aliphatic rings. The highest BCUT2D eigenvalue weighted by molar-refractivity contribution is 7.09. The van der Waals surface area contributed by atoms with E-state index in [2.05, 4.69) is 10.7 Å². The van der Waals surface area contributed by atoms with Crippen LogP contribution in [0.15, 0.2) is 29.6 Å². The Morgan fingerprint density at radius 2 is 1.86 bits per heavy atom. The van der Waals surface area contributed by atoms with Crippen LogP contribution >= 0.6 is 11.3 Å². The molecule has 0 bridgehead atoms. The molecule has 0 spiro atoms. The molecule has 2 amide bonds. The van der Waals surface area contributed by atoms with Gasteiger partial charge in [-0.2, -0.15) is 0 Å². The number of hydrogen-bond acceptors (Lipinski definition) is 4. The zero-order chi connectivity index (χ0) is 19.5. The molecule has 0 atom stereocenters. The van der Waals surface area contributed by atoms with E-state index >= 15 is 0 Å². The van der Waals surface area contributed by atoms with Crippen LogP contribution in [-0.2, 0) is 11.2 Å². The maximum atomic E-state index is 13.0. The van der Waals surface area contributed by atoms with E-state index in [1.807, 2.05) is 4.90 Å². The fraction of sp³-hybridized carbons (Fsp3) is 0.476. The van der Waals surface area contributed by atoms with Crippen molar-refractivity contribution in [1.82, 2.24) is 15.2 Å². The van der Waals surface area contributed by atoms with E-state index in [0.717, 1.165) is 42.8 Å². The minimum Gasteiger partial charge on any atom is -0.355 e. The average molecular weight is 402 g/mol. The van der Waals surface area contributed by atoms with Crippen LogP contribution in [0.1, 0.15) is 52.7 Å². The topological polar surface area (TPSA) is 62.3 Å². The van der Waals surface area contributed by atoms with E-state index in [0.29, 0.717) is 31.1 Å². The van der Waals surface area contributed by atoms with Crippen molar-refractivity contribution >= 4 is 23.2 Å². The highest BCUT2D eigenvalue weighted by Crippen LogP contribution is 2.31. The molecule has 1 saturated carbocycles. The predicted octanol–water partition coefficient (Wildman–Crippen LogP) is 3.37. The summed E-state index contributed by atoms with van der Waals surface area (Å²) in [6, 6.07) is 5.73. The number of halogens is 1. The second kappa shape index (κ2) is 8.39. The Kier molecular flexibility index (Phi) is 5.71. The molecule has 1 aromatic heterocycles. The first-order chi connectivity index (χ1) is 13.6. The van der Waals surface area contributed by atoms with E-state index in [-0.39, 0.29) is 23.5 Å². The third kappa shape index (κ3) is 4.58. The summed E-state index contributed by atoms with van der Waals surface area (Å²) < 4.78 is 13.0. The standard InChI is InChI=1S/C21H24FN3O2S/c22-17-5-3-16(4-6-17)21(27)25-11-8-15(9-12-25)20-24-18(13-28-20)7-10-23-19(26)14-1-2-14/h3-6,13-15H,1-2,7-12H2,(H,23,26). The fourth-order valence-electron chi connectivity index (χ4n) is 3.53. The Morgan fingerprint density at radius 3 is 2.54 bits per heavy atom. The summed E-state index contributed by atoms with van der Waals surface area (Å²) in [5.74, 6) is 0.422. The van der Waals surface area contributed by atoms with Crippen molar-refractivity contribution in [3.8, 4) is 0 Å². The van der Waals surface area contributed by atoms with E-state index in [9.17, 15) is 14.0 Å². The molecule has 148 valence electrons. The largest absolute Gasteiger partial charge is 0.355 e. The number of amides is 2. The highest BCUT2D eigenvalue weighted by atomic mass is 32.1. The lowest BCUT2D eigenvalue weighted by molar-refractivity contribution is -0.122. The summed E-state index contributed by atoms with van der Waals surface area (Å²) in [7, 11) is 0. The molecule has 2 fully saturated rings. The summed E-state index contributed by atoms with van der Waals surface area (Å²) >= 11 is 1.67. The molecular formula is C21H24FN3O2S. The first-order valence-corrected chi connectivity index (χ1v) is 10.7. The van der Waals surface area contributed by atoms with Crippen LogP contribution in [0.2, 0.25) is 0 Å². The number of carbonyl (C=O) groups excluding carboxylic acids is 2. The van der Waals surface area contributed by atoms with Gasteiger partial charge in [0.15, 0.2) is 0 Å². The molecule has 1 aromatic carbocycles. The minimum absolute atomic E-state index is 0.0373. The van der Waals surface area contributed by atoms with Crippen molar-refractivity contribution in [2.45, 2.75) is 38.0 Å². The van der Waals surface area contributed by atoms with Crippen LogP contribution in [-0.4, -0.2) is 41.3 Å². The first-order valence-electron chi connectivity index (χ1n) is 9.87. The van der Waals surface area contributed by atoms with Gasteiger partial charge in [-0.3, -0.25) is 9.59 Å². The van der Waals surface area contributed by atoms with Crippen LogP contribution in [0.4, 0.5) is 4.39 Å². The van der Waals surface area contributed by atoms with Gasteiger partial charge in [0.1, 0.15) is 5.82 Å². The van der Waals surface area contributed by atoms with Gasteiger partial charge in [0, 0.05) is 48.8 Å². The Labute approximate surface area is 168 Å². The molecule has 1 aliphatic carbocycles. The number of aromatic nitrogens is 1. The van der Waals surface area contributed by atoms with E-state index in [1.54, 1.807) is 23.5 Å². The number of nitrogens with one attached hydrogen (secondary N) is 1. The lowest BCUT2D eigenvalue weighted by Crippen LogP contribution is -2.37. The summed E-state index contributed by atoms with van der Waals surface area (Å²) in [6.07, 6.45) is 4.58. The van der Waals surface area contributed by atoms with Crippen molar-refractivity contribution in [2.75, 3.05) is 19.6 Å². The van der Waals surface area contributed by atoms with Crippen LogP contribution in [0, 0.1) is 11.7 Å². The van der Waals surface area contributed by atoms with Crippen molar-refractivity contribution in [2.24, 2.45) is 5.92 Å². The minimum atomic E-state index is -0.332. The Balaban J connectivity index is 1.25. The maximum Gasteiger partial charge on any atom is 0.253 e. The zero-order valence-electron chi connectivity index (χ0n) is 15.7. The van der Waals surface area contributed by atoms with Gasteiger partial charge in [0.05, 0.1) is 10.7 Å². The molecule has 28 heavy (non-hydrogen) atoms. The van der Waals surface area contributed by atoms with Crippen LogP contribution in [0.3, 0.4) is 0 Å². The van der Waals surface area contributed by atoms with E-state index < -0.39 is 0 Å². The SMILES string of the molecule is O=C(NCCc1csc(C2CCN(C(=O)c3ccc(F)cc3)CC2)n1)C1CC1. The number of carbonyl (C=O) groups is 2. The third-order valence-electron chi connectivity index (χ3n) is 5.42. The second-order valence-electron chi connectivity index (χ2n) is 7.57. The smallest absolute Gasteiger partial charge is 0.253 e. The van der Waals surface area contributed by atoms with Gasteiger partial charge >= 0.3 is 0 Å². The first kappa shape index (κ1) is 19.1. The number of benzene rings is 1. The molecular weight excluding hydrogens is 377 g/mol. The van der Waals surface area contributed by atoms with Gasteiger partial charge in [0.25, 0.3) is 5.91 Å².